The highest BCUT2D eigenvalue weighted by Crippen LogP contribution is 2.50. The molecule has 0 aromatic rings. The van der Waals surface area contributed by atoms with E-state index in [2.05, 4.69) is 0 Å². The van der Waals surface area contributed by atoms with E-state index in [1.807, 2.05) is 6.92 Å². The smallest absolute Gasteiger partial charge is 0.312 e. The number of carbonyl (C=O) groups is 3. The van der Waals surface area contributed by atoms with Crippen LogP contribution in [0.25, 0.3) is 0 Å². The minimum Gasteiger partial charge on any atom is -0.459 e. The van der Waals surface area contributed by atoms with Crippen LogP contribution in [-0.4, -0.2) is 42.6 Å². The van der Waals surface area contributed by atoms with Crippen LogP contribution in [0.4, 0.5) is 0 Å². The minimum absolute atomic E-state index is 0.0850. The predicted octanol–water partition coefficient (Wildman–Crippen LogP) is 1.25. The molecule has 0 saturated carbocycles. The summed E-state index contributed by atoms with van der Waals surface area (Å²) in [7, 11) is 0. The fourth-order valence-corrected chi connectivity index (χ4v) is 3.44. The fourth-order valence-electron chi connectivity index (χ4n) is 3.44. The molecule has 3 rings (SSSR count). The second-order valence-electron chi connectivity index (χ2n) is 7.10. The highest BCUT2D eigenvalue weighted by Gasteiger charge is 2.63. The molecule has 5 unspecified atom stereocenters. The largest absolute Gasteiger partial charge is 0.459 e. The van der Waals surface area contributed by atoms with Crippen LogP contribution < -0.4 is 0 Å². The van der Waals surface area contributed by atoms with E-state index < -0.39 is 5.41 Å². The van der Waals surface area contributed by atoms with E-state index in [1.54, 1.807) is 13.8 Å². The van der Waals surface area contributed by atoms with E-state index in [1.165, 1.54) is 0 Å². The Balaban J connectivity index is 1.51. The quantitative estimate of drug-likeness (QED) is 0.687. The Hall–Kier alpha value is -1.43. The van der Waals surface area contributed by atoms with E-state index in [0.717, 1.165) is 0 Å². The molecule has 122 valence electrons. The van der Waals surface area contributed by atoms with E-state index in [-0.39, 0.29) is 60.9 Å². The summed E-state index contributed by atoms with van der Waals surface area (Å²) in [5.74, 6) is -0.966. The van der Waals surface area contributed by atoms with Gasteiger partial charge in [-0.2, -0.15) is 0 Å². The lowest BCUT2D eigenvalue weighted by atomic mass is 9.80. The van der Waals surface area contributed by atoms with Crippen molar-refractivity contribution in [2.24, 2.45) is 17.3 Å². The molecule has 0 N–H and O–H groups in total. The maximum absolute atomic E-state index is 12.1. The number of rotatable bonds is 6. The second kappa shape index (κ2) is 5.33. The first-order chi connectivity index (χ1) is 10.3. The monoisotopic (exact) mass is 310 g/mol. The summed E-state index contributed by atoms with van der Waals surface area (Å²) in [5.41, 5.74) is -0.579. The Kier molecular flexibility index (Phi) is 3.75. The topological polar surface area (TPSA) is 78.9 Å². The summed E-state index contributed by atoms with van der Waals surface area (Å²) < 4.78 is 16.2. The molecule has 3 fully saturated rings. The van der Waals surface area contributed by atoms with Crippen molar-refractivity contribution < 1.29 is 28.6 Å². The van der Waals surface area contributed by atoms with Crippen molar-refractivity contribution in [1.29, 1.82) is 0 Å². The third-order valence-electron chi connectivity index (χ3n) is 5.26. The van der Waals surface area contributed by atoms with E-state index in [9.17, 15) is 14.4 Å². The summed E-state index contributed by atoms with van der Waals surface area (Å²) in [4.78, 5) is 35.6. The number of ketones is 1. The molecule has 0 aromatic carbocycles. The van der Waals surface area contributed by atoms with Crippen LogP contribution in [0.5, 0.6) is 0 Å². The number of esters is 2. The molecule has 22 heavy (non-hydrogen) atoms. The number of carbonyl (C=O) groups excluding carboxylic acids is 3. The molecule has 6 heteroatoms. The zero-order valence-electron chi connectivity index (χ0n) is 13.2. The Labute approximate surface area is 129 Å². The maximum atomic E-state index is 12.1. The van der Waals surface area contributed by atoms with Gasteiger partial charge < -0.3 is 14.2 Å². The van der Waals surface area contributed by atoms with Crippen LogP contribution in [0.15, 0.2) is 0 Å². The van der Waals surface area contributed by atoms with Crippen molar-refractivity contribution in [2.45, 2.75) is 58.3 Å². The van der Waals surface area contributed by atoms with Crippen molar-refractivity contribution >= 4 is 17.7 Å². The maximum Gasteiger partial charge on any atom is 0.312 e. The second-order valence-corrected chi connectivity index (χ2v) is 7.10. The third kappa shape index (κ3) is 2.43. The molecule has 0 aromatic heterocycles. The lowest BCUT2D eigenvalue weighted by Gasteiger charge is -2.22. The Morgan fingerprint density at radius 1 is 1.32 bits per heavy atom. The molecule has 3 saturated heterocycles. The van der Waals surface area contributed by atoms with Gasteiger partial charge in [-0.25, -0.2) is 0 Å². The van der Waals surface area contributed by atoms with Gasteiger partial charge in [0.1, 0.15) is 18.8 Å². The van der Waals surface area contributed by atoms with Crippen LogP contribution in [0.2, 0.25) is 0 Å². The normalized spacial score (nSPS) is 35.6. The molecular formula is C16H22O6. The number of hydrogen-bond acceptors (Lipinski definition) is 6. The van der Waals surface area contributed by atoms with Crippen LogP contribution in [0, 0.1) is 17.3 Å². The summed E-state index contributed by atoms with van der Waals surface area (Å²) in [6.07, 6.45) is 0.949. The number of hydrogen-bond donors (Lipinski definition) is 0. The molecule has 5 atom stereocenters. The van der Waals surface area contributed by atoms with Gasteiger partial charge in [-0.05, 0) is 26.7 Å². The van der Waals surface area contributed by atoms with Crippen LogP contribution >= 0.6 is 0 Å². The third-order valence-corrected chi connectivity index (χ3v) is 5.26. The van der Waals surface area contributed by atoms with Crippen molar-refractivity contribution in [2.75, 3.05) is 6.61 Å². The van der Waals surface area contributed by atoms with Gasteiger partial charge in [-0.1, -0.05) is 6.92 Å². The highest BCUT2D eigenvalue weighted by atomic mass is 16.6. The van der Waals surface area contributed by atoms with E-state index in [4.69, 9.17) is 14.2 Å². The average Bonchev–Trinajstić information content (AvgIpc) is 3.09. The van der Waals surface area contributed by atoms with Crippen molar-refractivity contribution in [3.05, 3.63) is 0 Å². The average molecular weight is 310 g/mol. The number of Topliss-reactive ketones (excluding diaryl/α,β-unsaturated/α-hetero) is 1. The van der Waals surface area contributed by atoms with E-state index >= 15 is 0 Å². The van der Waals surface area contributed by atoms with Crippen molar-refractivity contribution in [3.63, 3.8) is 0 Å². The van der Waals surface area contributed by atoms with Gasteiger partial charge in [0.25, 0.3) is 0 Å². The van der Waals surface area contributed by atoms with Gasteiger partial charge in [0.2, 0.25) is 0 Å². The first-order valence-electron chi connectivity index (χ1n) is 7.88. The zero-order chi connectivity index (χ0) is 16.1. The standard InChI is InChI=1S/C16H22O6/c1-4-16(2,3)15(19)20-7-8(17)5-9-11-6-10-13(21-11)12(9)22-14(10)18/h9-13H,4-7H2,1-3H3. The SMILES string of the molecule is CCC(C)(C)C(=O)OCC(=O)CC1C2CC3C(=O)OC1C3O2. The molecule has 0 aliphatic carbocycles. The van der Waals surface area contributed by atoms with Gasteiger partial charge in [-0.15, -0.1) is 0 Å². The van der Waals surface area contributed by atoms with Gasteiger partial charge in [-0.3, -0.25) is 14.4 Å². The van der Waals surface area contributed by atoms with Crippen LogP contribution in [0.1, 0.15) is 40.0 Å². The molecule has 0 radical (unpaired) electrons. The summed E-state index contributed by atoms with van der Waals surface area (Å²) in [6.45, 7) is 5.27. The first-order valence-corrected chi connectivity index (χ1v) is 7.88. The lowest BCUT2D eigenvalue weighted by Crippen LogP contribution is -2.34. The summed E-state index contributed by atoms with van der Waals surface area (Å²) in [5, 5.41) is 0. The Bertz CT molecular complexity index is 511. The van der Waals surface area contributed by atoms with Crippen molar-refractivity contribution in [1.82, 2.24) is 0 Å². The number of fused-ring (bicyclic) bond motifs is 1. The summed E-state index contributed by atoms with van der Waals surface area (Å²) in [6, 6.07) is 0. The lowest BCUT2D eigenvalue weighted by molar-refractivity contribution is -0.157. The highest BCUT2D eigenvalue weighted by molar-refractivity contribution is 5.84. The fraction of sp³-hybridized carbons (Fsp3) is 0.812. The minimum atomic E-state index is -0.579. The van der Waals surface area contributed by atoms with Crippen LogP contribution in [-0.2, 0) is 28.6 Å². The molecule has 0 spiro atoms. The van der Waals surface area contributed by atoms with Gasteiger partial charge in [0.05, 0.1) is 17.4 Å². The molecule has 3 aliphatic rings. The van der Waals surface area contributed by atoms with Gasteiger partial charge >= 0.3 is 11.9 Å². The summed E-state index contributed by atoms with van der Waals surface area (Å²) >= 11 is 0. The predicted molar refractivity (Wildman–Crippen MR) is 74.8 cm³/mol. The molecule has 6 nitrogen and oxygen atoms in total. The van der Waals surface area contributed by atoms with Gasteiger partial charge in [0.15, 0.2) is 5.78 Å². The molecular weight excluding hydrogens is 288 g/mol. The Morgan fingerprint density at radius 2 is 2.05 bits per heavy atom. The molecule has 2 bridgehead atoms. The van der Waals surface area contributed by atoms with Crippen molar-refractivity contribution in [3.8, 4) is 0 Å². The molecule has 3 aliphatic heterocycles. The molecule has 0 amide bonds. The zero-order valence-corrected chi connectivity index (χ0v) is 13.2. The Morgan fingerprint density at radius 3 is 2.73 bits per heavy atom. The van der Waals surface area contributed by atoms with Crippen LogP contribution in [0.3, 0.4) is 0 Å². The van der Waals surface area contributed by atoms with Gasteiger partial charge in [0, 0.05) is 12.3 Å². The first kappa shape index (κ1) is 15.5. The van der Waals surface area contributed by atoms with E-state index in [0.29, 0.717) is 12.8 Å². The number of ether oxygens (including phenoxy) is 3. The molecule has 3 heterocycles.